The van der Waals surface area contributed by atoms with Crippen LogP contribution in [0.2, 0.25) is 0 Å². The van der Waals surface area contributed by atoms with Gasteiger partial charge in [0.15, 0.2) is 12.2 Å². The second-order valence-electron chi connectivity index (χ2n) is 4.58. The molecule has 0 saturated heterocycles. The number of halogens is 1. The van der Waals surface area contributed by atoms with Gasteiger partial charge in [0.25, 0.3) is 0 Å². The highest BCUT2D eigenvalue weighted by molar-refractivity contribution is 5.93. The van der Waals surface area contributed by atoms with Gasteiger partial charge in [-0.05, 0) is 19.1 Å². The lowest BCUT2D eigenvalue weighted by molar-refractivity contribution is -0.119. The van der Waals surface area contributed by atoms with Gasteiger partial charge >= 0.3 is 0 Å². The molecule has 0 aliphatic carbocycles. The fourth-order valence-corrected chi connectivity index (χ4v) is 1.60. The lowest BCUT2D eigenvalue weighted by Gasteiger charge is -2.15. The minimum absolute atomic E-state index is 0. The van der Waals surface area contributed by atoms with Crippen molar-refractivity contribution in [2.24, 2.45) is 11.7 Å². The van der Waals surface area contributed by atoms with E-state index in [1.54, 1.807) is 13.1 Å². The van der Waals surface area contributed by atoms with Gasteiger partial charge in [-0.15, -0.1) is 12.4 Å². The number of nitrogens with one attached hydrogen (secondary N) is 1. The molecule has 1 amide bonds. The molecule has 5 nitrogen and oxygen atoms in total. The van der Waals surface area contributed by atoms with Gasteiger partial charge in [-0.3, -0.25) is 4.79 Å². The predicted octanol–water partition coefficient (Wildman–Crippen LogP) is 2.69. The molecule has 0 radical (unpaired) electrons. The summed E-state index contributed by atoms with van der Waals surface area (Å²) in [6.45, 7) is 3.62. The number of nitrogens with zero attached hydrogens (tertiary/aromatic N) is 1. The number of hydrogen-bond donors (Lipinski definition) is 2. The molecule has 6 heteroatoms. The Kier molecular flexibility index (Phi) is 5.73. The molecule has 3 N–H and O–H groups in total. The maximum Gasteiger partial charge on any atom is 0.228 e. The average molecular weight is 296 g/mol. The van der Waals surface area contributed by atoms with Crippen LogP contribution in [0.5, 0.6) is 0 Å². The van der Waals surface area contributed by atoms with Crippen LogP contribution in [0.3, 0.4) is 0 Å². The SMILES string of the molecule is CC(N)C(C)C(=O)Nc1cccc(-c2cnco2)c1.Cl. The molecule has 2 aromatic rings. The Labute approximate surface area is 124 Å². The third kappa shape index (κ3) is 3.82. The zero-order valence-corrected chi connectivity index (χ0v) is 12.2. The lowest BCUT2D eigenvalue weighted by Crippen LogP contribution is -2.34. The summed E-state index contributed by atoms with van der Waals surface area (Å²) in [6.07, 6.45) is 3.00. The largest absolute Gasteiger partial charge is 0.444 e. The third-order valence-corrected chi connectivity index (χ3v) is 3.05. The molecule has 0 saturated carbocycles. The van der Waals surface area contributed by atoms with Crippen LogP contribution < -0.4 is 11.1 Å². The van der Waals surface area contributed by atoms with E-state index in [0.717, 1.165) is 5.56 Å². The number of nitrogens with two attached hydrogens (primary N) is 1. The van der Waals surface area contributed by atoms with E-state index < -0.39 is 0 Å². The van der Waals surface area contributed by atoms with Crippen LogP contribution in [0, 0.1) is 5.92 Å². The quantitative estimate of drug-likeness (QED) is 0.908. The molecule has 2 unspecified atom stereocenters. The Morgan fingerprint density at radius 2 is 2.15 bits per heavy atom. The van der Waals surface area contributed by atoms with E-state index in [0.29, 0.717) is 11.4 Å². The summed E-state index contributed by atoms with van der Waals surface area (Å²) in [5.41, 5.74) is 7.29. The van der Waals surface area contributed by atoms with E-state index in [-0.39, 0.29) is 30.3 Å². The van der Waals surface area contributed by atoms with Crippen molar-refractivity contribution in [2.75, 3.05) is 5.32 Å². The van der Waals surface area contributed by atoms with Crippen LogP contribution in [0.25, 0.3) is 11.3 Å². The zero-order valence-electron chi connectivity index (χ0n) is 11.4. The highest BCUT2D eigenvalue weighted by Crippen LogP contribution is 2.22. The molecule has 0 bridgehead atoms. The lowest BCUT2D eigenvalue weighted by atomic mass is 10.0. The van der Waals surface area contributed by atoms with Crippen molar-refractivity contribution < 1.29 is 9.21 Å². The van der Waals surface area contributed by atoms with Crippen LogP contribution in [0.4, 0.5) is 5.69 Å². The standard InChI is InChI=1S/C14H17N3O2.ClH/c1-9(10(2)15)14(18)17-12-5-3-4-11(6-12)13-7-16-8-19-13;/h3-10H,15H2,1-2H3,(H,17,18);1H. The molecule has 0 spiro atoms. The van der Waals surface area contributed by atoms with Gasteiger partial charge in [-0.25, -0.2) is 4.98 Å². The second kappa shape index (κ2) is 7.07. The Balaban J connectivity index is 0.00000200. The van der Waals surface area contributed by atoms with E-state index in [1.807, 2.05) is 31.2 Å². The summed E-state index contributed by atoms with van der Waals surface area (Å²) in [5.74, 6) is 0.329. The van der Waals surface area contributed by atoms with Crippen LogP contribution >= 0.6 is 12.4 Å². The van der Waals surface area contributed by atoms with Crippen molar-refractivity contribution in [3.63, 3.8) is 0 Å². The number of oxazole rings is 1. The minimum Gasteiger partial charge on any atom is -0.444 e. The topological polar surface area (TPSA) is 81.2 Å². The first-order valence-corrected chi connectivity index (χ1v) is 6.13. The molecular weight excluding hydrogens is 278 g/mol. The van der Waals surface area contributed by atoms with Crippen molar-refractivity contribution in [1.82, 2.24) is 4.98 Å². The summed E-state index contributed by atoms with van der Waals surface area (Å²) in [4.78, 5) is 15.8. The first kappa shape index (κ1) is 16.2. The van der Waals surface area contributed by atoms with Crippen LogP contribution in [0.15, 0.2) is 41.3 Å². The van der Waals surface area contributed by atoms with E-state index >= 15 is 0 Å². The number of hydrogen-bond acceptors (Lipinski definition) is 4. The minimum atomic E-state index is -0.242. The monoisotopic (exact) mass is 295 g/mol. The van der Waals surface area contributed by atoms with Gasteiger partial charge in [-0.1, -0.05) is 19.1 Å². The summed E-state index contributed by atoms with van der Waals surface area (Å²) >= 11 is 0. The number of carbonyl (C=O) groups is 1. The van der Waals surface area contributed by atoms with Crippen molar-refractivity contribution in [1.29, 1.82) is 0 Å². The number of benzene rings is 1. The maximum absolute atomic E-state index is 11.9. The van der Waals surface area contributed by atoms with Gasteiger partial charge < -0.3 is 15.5 Å². The predicted molar refractivity (Wildman–Crippen MR) is 80.6 cm³/mol. The number of anilines is 1. The second-order valence-corrected chi connectivity index (χ2v) is 4.58. The van der Waals surface area contributed by atoms with Crippen molar-refractivity contribution in [2.45, 2.75) is 19.9 Å². The van der Waals surface area contributed by atoms with Crippen molar-refractivity contribution in [3.05, 3.63) is 36.9 Å². The Morgan fingerprint density at radius 3 is 2.75 bits per heavy atom. The highest BCUT2D eigenvalue weighted by Gasteiger charge is 2.17. The van der Waals surface area contributed by atoms with Crippen LogP contribution in [-0.4, -0.2) is 16.9 Å². The van der Waals surface area contributed by atoms with E-state index in [9.17, 15) is 4.79 Å². The fourth-order valence-electron chi connectivity index (χ4n) is 1.60. The molecule has 108 valence electrons. The smallest absolute Gasteiger partial charge is 0.228 e. The van der Waals surface area contributed by atoms with Crippen LogP contribution in [0.1, 0.15) is 13.8 Å². The maximum atomic E-state index is 11.9. The van der Waals surface area contributed by atoms with Gasteiger partial charge in [0.1, 0.15) is 0 Å². The van der Waals surface area contributed by atoms with Gasteiger partial charge in [0.05, 0.1) is 12.1 Å². The molecule has 1 aromatic carbocycles. The average Bonchev–Trinajstić information content (AvgIpc) is 2.91. The molecule has 1 aromatic heterocycles. The summed E-state index contributed by atoms with van der Waals surface area (Å²) in [7, 11) is 0. The molecule has 2 rings (SSSR count). The van der Waals surface area contributed by atoms with E-state index in [4.69, 9.17) is 10.2 Å². The normalized spacial score (nSPS) is 13.2. The summed E-state index contributed by atoms with van der Waals surface area (Å²) < 4.78 is 5.22. The zero-order chi connectivity index (χ0) is 13.8. The Bertz CT molecular complexity index is 555. The molecule has 20 heavy (non-hydrogen) atoms. The first-order chi connectivity index (χ1) is 9.08. The molecular formula is C14H18ClN3O2. The summed E-state index contributed by atoms with van der Waals surface area (Å²) in [5, 5.41) is 2.84. The third-order valence-electron chi connectivity index (χ3n) is 3.05. The molecule has 1 heterocycles. The van der Waals surface area contributed by atoms with Crippen molar-refractivity contribution >= 4 is 24.0 Å². The molecule has 0 aliphatic heterocycles. The van der Waals surface area contributed by atoms with Gasteiger partial charge in [0.2, 0.25) is 5.91 Å². The van der Waals surface area contributed by atoms with Crippen LogP contribution in [-0.2, 0) is 4.79 Å². The number of carbonyl (C=O) groups excluding carboxylic acids is 1. The van der Waals surface area contributed by atoms with Gasteiger partial charge in [0, 0.05) is 17.3 Å². The summed E-state index contributed by atoms with van der Waals surface area (Å²) in [6, 6.07) is 7.23. The fraction of sp³-hybridized carbons (Fsp3) is 0.286. The molecule has 0 fully saturated rings. The Hall–Kier alpha value is -1.85. The number of amides is 1. The first-order valence-electron chi connectivity index (χ1n) is 6.13. The van der Waals surface area contributed by atoms with E-state index in [2.05, 4.69) is 10.3 Å². The molecule has 2 atom stereocenters. The molecule has 0 aliphatic rings. The van der Waals surface area contributed by atoms with Gasteiger partial charge in [-0.2, -0.15) is 0 Å². The van der Waals surface area contributed by atoms with E-state index in [1.165, 1.54) is 6.39 Å². The number of aromatic nitrogens is 1. The highest BCUT2D eigenvalue weighted by atomic mass is 35.5. The Morgan fingerprint density at radius 1 is 1.40 bits per heavy atom. The van der Waals surface area contributed by atoms with Crippen molar-refractivity contribution in [3.8, 4) is 11.3 Å². The number of rotatable bonds is 4.